The van der Waals surface area contributed by atoms with Crippen LogP contribution < -0.4 is 10.6 Å². The molecule has 6 nitrogen and oxygen atoms in total. The molecular formula is C19H42IN5O. The second-order valence-corrected chi connectivity index (χ2v) is 7.00. The largest absolute Gasteiger partial charge is 0.385 e. The molecule has 0 bridgehead atoms. The molecule has 0 radical (unpaired) electrons. The summed E-state index contributed by atoms with van der Waals surface area (Å²) in [5.41, 5.74) is 0. The summed E-state index contributed by atoms with van der Waals surface area (Å²) in [5, 5.41) is 6.81. The fourth-order valence-electron chi connectivity index (χ4n) is 3.25. The van der Waals surface area contributed by atoms with Gasteiger partial charge in [-0.15, -0.1) is 24.0 Å². The van der Waals surface area contributed by atoms with Crippen molar-refractivity contribution in [3.8, 4) is 0 Å². The Kier molecular flexibility index (Phi) is 16.9. The standard InChI is InChI=1S/C19H41N5O.HI/c1-5-20-19(22-12-16-23(3)13-7-17-25-4)21-11-8-18-9-14-24(6-2)15-10-18;/h18H,5-17H2,1-4H3,(H2,20,21,22);1H. The van der Waals surface area contributed by atoms with Crippen LogP contribution in [0.3, 0.4) is 0 Å². The molecule has 26 heavy (non-hydrogen) atoms. The van der Waals surface area contributed by atoms with Gasteiger partial charge in [0.25, 0.3) is 0 Å². The predicted molar refractivity (Wildman–Crippen MR) is 123 cm³/mol. The maximum Gasteiger partial charge on any atom is 0.191 e. The number of hydrogen-bond donors (Lipinski definition) is 2. The Bertz CT molecular complexity index is 349. The minimum absolute atomic E-state index is 0. The van der Waals surface area contributed by atoms with Crippen molar-refractivity contribution < 1.29 is 4.74 Å². The molecule has 0 unspecified atom stereocenters. The zero-order chi connectivity index (χ0) is 18.3. The average molecular weight is 483 g/mol. The summed E-state index contributed by atoms with van der Waals surface area (Å²) in [6, 6.07) is 0. The first-order valence-corrected chi connectivity index (χ1v) is 10.1. The van der Waals surface area contributed by atoms with Gasteiger partial charge in [-0.2, -0.15) is 0 Å². The Hall–Kier alpha value is -0.120. The fourth-order valence-corrected chi connectivity index (χ4v) is 3.25. The lowest BCUT2D eigenvalue weighted by atomic mass is 9.94. The Balaban J connectivity index is 0.00000625. The van der Waals surface area contributed by atoms with Gasteiger partial charge in [0.1, 0.15) is 0 Å². The van der Waals surface area contributed by atoms with Gasteiger partial charge in [0.15, 0.2) is 5.96 Å². The van der Waals surface area contributed by atoms with E-state index in [2.05, 4.69) is 41.3 Å². The van der Waals surface area contributed by atoms with E-state index < -0.39 is 0 Å². The Morgan fingerprint density at radius 2 is 1.92 bits per heavy atom. The summed E-state index contributed by atoms with van der Waals surface area (Å²) in [5.74, 6) is 1.81. The van der Waals surface area contributed by atoms with Gasteiger partial charge in [-0.1, -0.05) is 6.92 Å². The van der Waals surface area contributed by atoms with E-state index in [9.17, 15) is 0 Å². The van der Waals surface area contributed by atoms with Crippen molar-refractivity contribution in [1.29, 1.82) is 0 Å². The lowest BCUT2D eigenvalue weighted by molar-refractivity contribution is 0.180. The topological polar surface area (TPSA) is 52.1 Å². The summed E-state index contributed by atoms with van der Waals surface area (Å²) in [6.45, 7) is 13.8. The molecule has 1 fully saturated rings. The van der Waals surface area contributed by atoms with E-state index in [1.54, 1.807) is 7.11 Å². The van der Waals surface area contributed by atoms with E-state index in [-0.39, 0.29) is 24.0 Å². The summed E-state index contributed by atoms with van der Waals surface area (Å²) >= 11 is 0. The van der Waals surface area contributed by atoms with Crippen LogP contribution in [0.2, 0.25) is 0 Å². The number of guanidine groups is 1. The molecule has 0 atom stereocenters. The van der Waals surface area contributed by atoms with Crippen molar-refractivity contribution >= 4 is 29.9 Å². The van der Waals surface area contributed by atoms with Gasteiger partial charge in [-0.05, 0) is 65.2 Å². The molecule has 0 saturated carbocycles. The van der Waals surface area contributed by atoms with Crippen LogP contribution in [-0.2, 0) is 4.74 Å². The number of halogens is 1. The molecule has 7 heteroatoms. The summed E-state index contributed by atoms with van der Waals surface area (Å²) in [4.78, 5) is 9.64. The maximum atomic E-state index is 5.10. The number of aliphatic imine (C=N–C) groups is 1. The summed E-state index contributed by atoms with van der Waals surface area (Å²) in [7, 11) is 3.91. The number of rotatable bonds is 12. The number of piperidine rings is 1. The number of nitrogens with zero attached hydrogens (tertiary/aromatic N) is 3. The molecule has 0 aromatic carbocycles. The molecule has 1 heterocycles. The number of ether oxygens (including phenoxy) is 1. The van der Waals surface area contributed by atoms with Crippen molar-refractivity contribution in [2.24, 2.45) is 10.9 Å². The van der Waals surface area contributed by atoms with Crippen molar-refractivity contribution in [3.05, 3.63) is 0 Å². The van der Waals surface area contributed by atoms with E-state index in [0.29, 0.717) is 0 Å². The zero-order valence-electron chi connectivity index (χ0n) is 17.4. The molecule has 1 aliphatic rings. The highest BCUT2D eigenvalue weighted by atomic mass is 127. The number of nitrogens with one attached hydrogen (secondary N) is 2. The monoisotopic (exact) mass is 483 g/mol. The van der Waals surface area contributed by atoms with Crippen LogP contribution in [0.25, 0.3) is 0 Å². The van der Waals surface area contributed by atoms with Gasteiger partial charge in [-0.25, -0.2) is 0 Å². The number of likely N-dealkylation sites (tertiary alicyclic amines) is 1. The zero-order valence-corrected chi connectivity index (χ0v) is 19.8. The molecule has 1 rings (SSSR count). The molecule has 156 valence electrons. The second kappa shape index (κ2) is 17.0. The lowest BCUT2D eigenvalue weighted by Crippen LogP contribution is -2.41. The van der Waals surface area contributed by atoms with Crippen LogP contribution >= 0.6 is 24.0 Å². The third-order valence-electron chi connectivity index (χ3n) is 4.98. The van der Waals surface area contributed by atoms with Crippen LogP contribution in [0.4, 0.5) is 0 Å². The Labute approximate surface area is 178 Å². The minimum Gasteiger partial charge on any atom is -0.385 e. The van der Waals surface area contributed by atoms with E-state index in [1.807, 2.05) is 0 Å². The highest BCUT2D eigenvalue weighted by Gasteiger charge is 2.17. The molecule has 0 aromatic rings. The SMILES string of the molecule is CCNC(=NCCC1CCN(CC)CC1)NCCN(C)CCCOC.I. The first-order chi connectivity index (χ1) is 12.2. The van der Waals surface area contributed by atoms with Crippen LogP contribution in [-0.4, -0.2) is 88.9 Å². The Morgan fingerprint density at radius 1 is 1.19 bits per heavy atom. The van der Waals surface area contributed by atoms with E-state index in [1.165, 1.54) is 38.9 Å². The Morgan fingerprint density at radius 3 is 2.54 bits per heavy atom. The van der Waals surface area contributed by atoms with Gasteiger partial charge >= 0.3 is 0 Å². The molecule has 0 aliphatic carbocycles. The summed E-state index contributed by atoms with van der Waals surface area (Å²) in [6.07, 6.45) is 4.96. The molecule has 1 aliphatic heterocycles. The molecule has 1 saturated heterocycles. The van der Waals surface area contributed by atoms with Crippen molar-refractivity contribution in [2.45, 2.75) is 39.5 Å². The molecule has 0 spiro atoms. The van der Waals surface area contributed by atoms with Gasteiger partial charge in [0.05, 0.1) is 0 Å². The summed E-state index contributed by atoms with van der Waals surface area (Å²) < 4.78 is 5.10. The van der Waals surface area contributed by atoms with E-state index >= 15 is 0 Å². The second-order valence-electron chi connectivity index (χ2n) is 7.00. The first-order valence-electron chi connectivity index (χ1n) is 10.1. The quantitative estimate of drug-likeness (QED) is 0.193. The first kappa shape index (κ1) is 25.9. The highest BCUT2D eigenvalue weighted by Crippen LogP contribution is 2.19. The maximum absolute atomic E-state index is 5.10. The average Bonchev–Trinajstić information content (AvgIpc) is 2.62. The molecule has 0 amide bonds. The minimum atomic E-state index is 0. The molecular weight excluding hydrogens is 441 g/mol. The predicted octanol–water partition coefficient (Wildman–Crippen LogP) is 2.25. The number of likely N-dealkylation sites (N-methyl/N-ethyl adjacent to an activating group) is 1. The van der Waals surface area contributed by atoms with Gasteiger partial charge < -0.3 is 25.2 Å². The lowest BCUT2D eigenvalue weighted by Gasteiger charge is -2.30. The van der Waals surface area contributed by atoms with Crippen LogP contribution in [0.15, 0.2) is 4.99 Å². The van der Waals surface area contributed by atoms with Crippen molar-refractivity contribution in [3.63, 3.8) is 0 Å². The number of hydrogen-bond acceptors (Lipinski definition) is 4. The van der Waals surface area contributed by atoms with E-state index in [4.69, 9.17) is 9.73 Å². The van der Waals surface area contributed by atoms with E-state index in [0.717, 1.165) is 57.6 Å². The van der Waals surface area contributed by atoms with Crippen LogP contribution in [0, 0.1) is 5.92 Å². The highest BCUT2D eigenvalue weighted by molar-refractivity contribution is 14.0. The third-order valence-corrected chi connectivity index (χ3v) is 4.98. The normalized spacial score (nSPS) is 16.6. The smallest absolute Gasteiger partial charge is 0.191 e. The van der Waals surface area contributed by atoms with Gasteiger partial charge in [-0.3, -0.25) is 4.99 Å². The molecule has 2 N–H and O–H groups in total. The fraction of sp³-hybridized carbons (Fsp3) is 0.947. The van der Waals surface area contributed by atoms with Crippen molar-refractivity contribution in [2.75, 3.05) is 73.1 Å². The van der Waals surface area contributed by atoms with Crippen LogP contribution in [0.1, 0.15) is 39.5 Å². The van der Waals surface area contributed by atoms with Gasteiger partial charge in [0.2, 0.25) is 0 Å². The number of methoxy groups -OCH3 is 1. The van der Waals surface area contributed by atoms with Crippen LogP contribution in [0.5, 0.6) is 0 Å². The third kappa shape index (κ3) is 12.3. The van der Waals surface area contributed by atoms with Gasteiger partial charge in [0, 0.05) is 46.4 Å². The molecule has 0 aromatic heterocycles. The van der Waals surface area contributed by atoms with Crippen molar-refractivity contribution in [1.82, 2.24) is 20.4 Å².